The molecule has 0 spiro atoms. The minimum Gasteiger partial charge on any atom is -0.481 e. The Morgan fingerprint density at radius 3 is 2.59 bits per heavy atom. The topological polar surface area (TPSA) is 64.1 Å². The van der Waals surface area contributed by atoms with Crippen LogP contribution in [0.5, 0.6) is 5.88 Å². The summed E-state index contributed by atoms with van der Waals surface area (Å²) in [5.41, 5.74) is 3.07. The average Bonchev–Trinajstić information content (AvgIpc) is 2.72. The molecule has 0 aliphatic heterocycles. The van der Waals surface area contributed by atoms with Crippen LogP contribution in [0.1, 0.15) is 66.6 Å². The maximum absolute atomic E-state index is 12.6. The number of hydrogen-bond acceptors (Lipinski definition) is 4. The molecule has 5 heteroatoms. The quantitative estimate of drug-likeness (QED) is 0.828. The number of nitrogens with one attached hydrogen (secondary N) is 1. The minimum atomic E-state index is -0.0560. The van der Waals surface area contributed by atoms with E-state index in [2.05, 4.69) is 35.2 Å². The lowest BCUT2D eigenvalue weighted by atomic mass is 9.76. The summed E-state index contributed by atoms with van der Waals surface area (Å²) in [5, 5.41) is 3.22. The van der Waals surface area contributed by atoms with Crippen molar-refractivity contribution in [3.63, 3.8) is 0 Å². The molecule has 5 nitrogen and oxygen atoms in total. The van der Waals surface area contributed by atoms with E-state index in [4.69, 9.17) is 4.74 Å². The second-order valence-corrected chi connectivity index (χ2v) is 7.45. The molecule has 2 aromatic heterocycles. The first-order valence-electron chi connectivity index (χ1n) is 9.84. The molecule has 1 saturated carbocycles. The van der Waals surface area contributed by atoms with Crippen LogP contribution in [0.25, 0.3) is 0 Å². The van der Waals surface area contributed by atoms with Gasteiger partial charge in [0.1, 0.15) is 0 Å². The fourth-order valence-corrected chi connectivity index (χ4v) is 4.04. The molecule has 1 aliphatic rings. The van der Waals surface area contributed by atoms with E-state index < -0.39 is 0 Å². The first-order chi connectivity index (χ1) is 13.1. The lowest BCUT2D eigenvalue weighted by Gasteiger charge is -2.34. The standard InChI is InChI=1S/C22H29N3O2/c1-4-19(25-22(26)18-9-10-21(27-3)24-14-18)16-5-7-17(8-6-16)20-13-15(2)11-12-23-20/h9-14,16-17,19H,4-8H2,1-3H3,(H,25,26)/t16?,17?,19-/m0/s1. The lowest BCUT2D eigenvalue weighted by Crippen LogP contribution is -2.41. The monoisotopic (exact) mass is 367 g/mol. The van der Waals surface area contributed by atoms with Crippen LogP contribution in [0.4, 0.5) is 0 Å². The van der Waals surface area contributed by atoms with Gasteiger partial charge in [-0.1, -0.05) is 6.92 Å². The van der Waals surface area contributed by atoms with Gasteiger partial charge in [-0.2, -0.15) is 0 Å². The molecule has 0 radical (unpaired) electrons. The molecule has 1 aliphatic carbocycles. The van der Waals surface area contributed by atoms with Crippen molar-refractivity contribution in [1.82, 2.24) is 15.3 Å². The molecule has 144 valence electrons. The van der Waals surface area contributed by atoms with Gasteiger partial charge in [0, 0.05) is 36.1 Å². The zero-order chi connectivity index (χ0) is 19.2. The fourth-order valence-electron chi connectivity index (χ4n) is 4.04. The molecule has 3 rings (SSSR count). The third kappa shape index (κ3) is 4.85. The van der Waals surface area contributed by atoms with Gasteiger partial charge in [0.2, 0.25) is 5.88 Å². The van der Waals surface area contributed by atoms with Gasteiger partial charge in [0.05, 0.1) is 12.7 Å². The number of rotatable bonds is 6. The Morgan fingerprint density at radius 1 is 1.22 bits per heavy atom. The van der Waals surface area contributed by atoms with Gasteiger partial charge < -0.3 is 10.1 Å². The molecule has 0 unspecified atom stereocenters. The summed E-state index contributed by atoms with van der Waals surface area (Å²) in [6, 6.07) is 7.93. The number of carbonyl (C=O) groups excluding carboxylic acids is 1. The van der Waals surface area contributed by atoms with Crippen molar-refractivity contribution in [3.8, 4) is 5.88 Å². The predicted molar refractivity (Wildman–Crippen MR) is 106 cm³/mol. The average molecular weight is 367 g/mol. The third-order valence-corrected chi connectivity index (χ3v) is 5.66. The molecule has 1 fully saturated rings. The Bertz CT molecular complexity index is 752. The van der Waals surface area contributed by atoms with Gasteiger partial charge in [0.15, 0.2) is 0 Å². The van der Waals surface area contributed by atoms with Crippen LogP contribution in [-0.2, 0) is 0 Å². The molecule has 27 heavy (non-hydrogen) atoms. The second kappa shape index (κ2) is 8.98. The highest BCUT2D eigenvalue weighted by molar-refractivity contribution is 5.94. The van der Waals surface area contributed by atoms with Gasteiger partial charge in [-0.3, -0.25) is 9.78 Å². The molecule has 1 amide bonds. The highest BCUT2D eigenvalue weighted by atomic mass is 16.5. The van der Waals surface area contributed by atoms with Crippen molar-refractivity contribution in [2.75, 3.05) is 7.11 Å². The molecule has 0 bridgehead atoms. The summed E-state index contributed by atoms with van der Waals surface area (Å²) in [4.78, 5) is 21.3. The first-order valence-corrected chi connectivity index (χ1v) is 9.84. The number of pyridine rings is 2. The van der Waals surface area contributed by atoms with Crippen molar-refractivity contribution >= 4 is 5.91 Å². The number of ether oxygens (including phenoxy) is 1. The van der Waals surface area contributed by atoms with Crippen LogP contribution >= 0.6 is 0 Å². The summed E-state index contributed by atoms with van der Waals surface area (Å²) < 4.78 is 5.05. The van der Waals surface area contributed by atoms with Crippen molar-refractivity contribution in [2.24, 2.45) is 5.92 Å². The first kappa shape index (κ1) is 19.3. The van der Waals surface area contributed by atoms with Gasteiger partial charge >= 0.3 is 0 Å². The molecular weight excluding hydrogens is 338 g/mol. The summed E-state index contributed by atoms with van der Waals surface area (Å²) in [7, 11) is 1.57. The van der Waals surface area contributed by atoms with E-state index in [1.165, 1.54) is 11.3 Å². The molecule has 0 aromatic carbocycles. The molecule has 0 saturated heterocycles. The smallest absolute Gasteiger partial charge is 0.253 e. The van der Waals surface area contributed by atoms with Crippen molar-refractivity contribution in [1.29, 1.82) is 0 Å². The van der Waals surface area contributed by atoms with E-state index in [9.17, 15) is 4.79 Å². The SMILES string of the molecule is CC[C@H](NC(=O)c1ccc(OC)nc1)C1CCC(c2cc(C)ccn2)CC1. The molecule has 1 atom stereocenters. The largest absolute Gasteiger partial charge is 0.481 e. The van der Waals surface area contributed by atoms with Crippen LogP contribution in [0, 0.1) is 12.8 Å². The fraction of sp³-hybridized carbons (Fsp3) is 0.500. The molecule has 2 aromatic rings. The van der Waals surface area contributed by atoms with Crippen molar-refractivity contribution in [3.05, 3.63) is 53.5 Å². The van der Waals surface area contributed by atoms with Crippen molar-refractivity contribution in [2.45, 2.75) is 57.9 Å². The summed E-state index contributed by atoms with van der Waals surface area (Å²) in [6.45, 7) is 4.26. The molecular formula is C22H29N3O2. The summed E-state index contributed by atoms with van der Waals surface area (Å²) in [5.74, 6) is 1.52. The predicted octanol–water partition coefficient (Wildman–Crippen LogP) is 4.28. The Kier molecular flexibility index (Phi) is 6.43. The Balaban J connectivity index is 1.57. The Morgan fingerprint density at radius 2 is 2.00 bits per heavy atom. The van der Waals surface area contributed by atoms with Gasteiger partial charge in [-0.25, -0.2) is 4.98 Å². The lowest BCUT2D eigenvalue weighted by molar-refractivity contribution is 0.0908. The minimum absolute atomic E-state index is 0.0560. The molecule has 1 N–H and O–H groups in total. The van der Waals surface area contributed by atoms with Crippen LogP contribution < -0.4 is 10.1 Å². The number of aromatic nitrogens is 2. The van der Waals surface area contributed by atoms with Gasteiger partial charge in [-0.05, 0) is 68.7 Å². The zero-order valence-electron chi connectivity index (χ0n) is 16.4. The number of aryl methyl sites for hydroxylation is 1. The zero-order valence-corrected chi connectivity index (χ0v) is 16.4. The molecule has 2 heterocycles. The number of nitrogens with zero attached hydrogens (tertiary/aromatic N) is 2. The van der Waals surface area contributed by atoms with Crippen molar-refractivity contribution < 1.29 is 9.53 Å². The summed E-state index contributed by atoms with van der Waals surface area (Å²) in [6.07, 6.45) is 8.94. The highest BCUT2D eigenvalue weighted by Gasteiger charge is 2.29. The highest BCUT2D eigenvalue weighted by Crippen LogP contribution is 2.37. The Labute approximate surface area is 161 Å². The van der Waals surface area contributed by atoms with E-state index in [0.717, 1.165) is 32.1 Å². The maximum Gasteiger partial charge on any atom is 0.253 e. The maximum atomic E-state index is 12.6. The second-order valence-electron chi connectivity index (χ2n) is 7.45. The number of hydrogen-bond donors (Lipinski definition) is 1. The number of amides is 1. The third-order valence-electron chi connectivity index (χ3n) is 5.66. The number of methoxy groups -OCH3 is 1. The van der Waals surface area contributed by atoms with Gasteiger partial charge in [0.25, 0.3) is 5.91 Å². The van der Waals surface area contributed by atoms with E-state index in [0.29, 0.717) is 23.3 Å². The Hall–Kier alpha value is -2.43. The summed E-state index contributed by atoms with van der Waals surface area (Å²) >= 11 is 0. The van der Waals surface area contributed by atoms with E-state index in [1.54, 1.807) is 25.4 Å². The number of carbonyl (C=O) groups is 1. The van der Waals surface area contributed by atoms with Crippen LogP contribution in [-0.4, -0.2) is 29.0 Å². The van der Waals surface area contributed by atoms with E-state index >= 15 is 0 Å². The van der Waals surface area contributed by atoms with E-state index in [1.807, 2.05) is 12.3 Å². The van der Waals surface area contributed by atoms with Crippen LogP contribution in [0.15, 0.2) is 36.7 Å². The normalized spacial score (nSPS) is 20.7. The van der Waals surface area contributed by atoms with Crippen LogP contribution in [0.2, 0.25) is 0 Å². The van der Waals surface area contributed by atoms with Crippen LogP contribution in [0.3, 0.4) is 0 Å². The van der Waals surface area contributed by atoms with E-state index in [-0.39, 0.29) is 11.9 Å². The van der Waals surface area contributed by atoms with Gasteiger partial charge in [-0.15, -0.1) is 0 Å².